The van der Waals surface area contributed by atoms with Crippen LogP contribution >= 0.6 is 15.9 Å². The number of hydrogen-bond acceptors (Lipinski definition) is 4. The molecule has 0 saturated carbocycles. The summed E-state index contributed by atoms with van der Waals surface area (Å²) >= 11 is 3.37. The fourth-order valence-corrected chi connectivity index (χ4v) is 5.53. The highest BCUT2D eigenvalue weighted by molar-refractivity contribution is 9.10. The molecule has 0 radical (unpaired) electrons. The SMILES string of the molecule is CC[C@H](C)NC(=O)[C@@H](C)N(Cc1ccc(F)cc1)C(=O)CN(c1cccc(Br)c1)S(=O)(=O)c1ccccc1. The molecule has 7 nitrogen and oxygen atoms in total. The van der Waals surface area contributed by atoms with Gasteiger partial charge in [0.25, 0.3) is 10.0 Å². The van der Waals surface area contributed by atoms with Gasteiger partial charge < -0.3 is 10.2 Å². The summed E-state index contributed by atoms with van der Waals surface area (Å²) in [5, 5.41) is 2.88. The van der Waals surface area contributed by atoms with Crippen LogP contribution in [0.5, 0.6) is 0 Å². The van der Waals surface area contributed by atoms with Gasteiger partial charge >= 0.3 is 0 Å². The molecule has 2 amide bonds. The summed E-state index contributed by atoms with van der Waals surface area (Å²) in [7, 11) is -4.13. The van der Waals surface area contributed by atoms with Crippen molar-refractivity contribution in [1.82, 2.24) is 10.2 Å². The molecule has 0 aliphatic rings. The largest absolute Gasteiger partial charge is 0.352 e. The molecule has 3 aromatic rings. The number of sulfonamides is 1. The summed E-state index contributed by atoms with van der Waals surface area (Å²) in [5.41, 5.74) is 0.887. The van der Waals surface area contributed by atoms with Gasteiger partial charge in [0.1, 0.15) is 18.4 Å². The molecular weight excluding hydrogens is 573 g/mol. The minimum atomic E-state index is -4.13. The first-order chi connectivity index (χ1) is 18.0. The molecule has 0 saturated heterocycles. The van der Waals surface area contributed by atoms with Crippen LogP contribution < -0.4 is 9.62 Å². The molecule has 38 heavy (non-hydrogen) atoms. The van der Waals surface area contributed by atoms with Crippen LogP contribution in [-0.4, -0.2) is 43.8 Å². The van der Waals surface area contributed by atoms with Crippen LogP contribution in [0.1, 0.15) is 32.8 Å². The fraction of sp³-hybridized carbons (Fsp3) is 0.286. The zero-order valence-corrected chi connectivity index (χ0v) is 23.9. The maximum Gasteiger partial charge on any atom is 0.264 e. The van der Waals surface area contributed by atoms with E-state index in [1.165, 1.54) is 41.3 Å². The minimum absolute atomic E-state index is 0.00802. The van der Waals surface area contributed by atoms with Gasteiger partial charge in [0, 0.05) is 17.1 Å². The van der Waals surface area contributed by atoms with Gasteiger partial charge in [-0.2, -0.15) is 0 Å². The second-order valence-electron chi connectivity index (χ2n) is 8.95. The molecule has 10 heteroatoms. The predicted octanol–water partition coefficient (Wildman–Crippen LogP) is 5.12. The van der Waals surface area contributed by atoms with Crippen molar-refractivity contribution in [2.24, 2.45) is 0 Å². The van der Waals surface area contributed by atoms with E-state index in [0.29, 0.717) is 16.5 Å². The first kappa shape index (κ1) is 29.3. The predicted molar refractivity (Wildman–Crippen MR) is 149 cm³/mol. The van der Waals surface area contributed by atoms with E-state index in [1.807, 2.05) is 13.8 Å². The summed E-state index contributed by atoms with van der Waals surface area (Å²) in [6.07, 6.45) is 0.705. The highest BCUT2D eigenvalue weighted by Gasteiger charge is 2.32. The maximum absolute atomic E-state index is 13.8. The van der Waals surface area contributed by atoms with E-state index in [2.05, 4.69) is 21.2 Å². The van der Waals surface area contributed by atoms with Gasteiger partial charge in [-0.25, -0.2) is 12.8 Å². The van der Waals surface area contributed by atoms with Crippen LogP contribution in [0.3, 0.4) is 0 Å². The van der Waals surface area contributed by atoms with Gasteiger partial charge in [-0.1, -0.05) is 59.3 Å². The maximum atomic E-state index is 13.8. The average Bonchev–Trinajstić information content (AvgIpc) is 2.91. The molecule has 0 spiro atoms. The summed E-state index contributed by atoms with van der Waals surface area (Å²) in [6, 6.07) is 19.1. The summed E-state index contributed by atoms with van der Waals surface area (Å²) in [4.78, 5) is 28.2. The van der Waals surface area contributed by atoms with E-state index in [4.69, 9.17) is 0 Å². The summed E-state index contributed by atoms with van der Waals surface area (Å²) in [5.74, 6) is -1.38. The Labute approximate surface area is 231 Å². The van der Waals surface area contributed by atoms with Crippen molar-refractivity contribution in [3.05, 3.63) is 94.7 Å². The van der Waals surface area contributed by atoms with Crippen LogP contribution in [0.25, 0.3) is 0 Å². The van der Waals surface area contributed by atoms with Gasteiger partial charge in [-0.3, -0.25) is 13.9 Å². The minimum Gasteiger partial charge on any atom is -0.352 e. The Morgan fingerprint density at radius 2 is 1.63 bits per heavy atom. The number of nitrogens with zero attached hydrogens (tertiary/aromatic N) is 2. The van der Waals surface area contributed by atoms with Crippen LogP contribution in [0.4, 0.5) is 10.1 Å². The average molecular weight is 605 g/mol. The van der Waals surface area contributed by atoms with Gasteiger partial charge in [-0.05, 0) is 68.3 Å². The number of anilines is 1. The fourth-order valence-electron chi connectivity index (χ4n) is 3.71. The first-order valence-corrected chi connectivity index (χ1v) is 14.4. The molecule has 0 aliphatic carbocycles. The molecule has 0 aliphatic heterocycles. The Balaban J connectivity index is 2.01. The van der Waals surface area contributed by atoms with Gasteiger partial charge in [0.2, 0.25) is 11.8 Å². The normalized spacial score (nSPS) is 12.9. The molecule has 1 N–H and O–H groups in total. The van der Waals surface area contributed by atoms with Gasteiger partial charge in [-0.15, -0.1) is 0 Å². The first-order valence-electron chi connectivity index (χ1n) is 12.2. The summed E-state index contributed by atoms with van der Waals surface area (Å²) in [6.45, 7) is 4.83. The Kier molecular flexibility index (Phi) is 10.0. The smallest absolute Gasteiger partial charge is 0.264 e. The van der Waals surface area contributed by atoms with E-state index in [0.717, 1.165) is 4.31 Å². The number of amides is 2. The summed E-state index contributed by atoms with van der Waals surface area (Å²) < 4.78 is 42.6. The lowest BCUT2D eigenvalue weighted by Gasteiger charge is -2.32. The van der Waals surface area contributed by atoms with E-state index in [-0.39, 0.29) is 29.1 Å². The zero-order valence-electron chi connectivity index (χ0n) is 21.5. The lowest BCUT2D eigenvalue weighted by Crippen LogP contribution is -2.52. The molecule has 0 bridgehead atoms. The number of hydrogen-bond donors (Lipinski definition) is 1. The standard InChI is InChI=1S/C28H31BrFN3O4S/c1-4-20(2)31-28(35)21(3)32(18-22-13-15-24(30)16-14-22)27(34)19-33(25-10-8-9-23(29)17-25)38(36,37)26-11-6-5-7-12-26/h5-17,20-21H,4,18-19H2,1-3H3,(H,31,35)/t20-,21+/m0/s1. The number of nitrogens with one attached hydrogen (secondary N) is 1. The van der Waals surface area contributed by atoms with E-state index in [1.54, 1.807) is 49.4 Å². The molecule has 2 atom stereocenters. The van der Waals surface area contributed by atoms with Gasteiger partial charge in [0.05, 0.1) is 10.6 Å². The second-order valence-corrected chi connectivity index (χ2v) is 11.7. The molecule has 0 fully saturated rings. The molecule has 3 aromatic carbocycles. The molecule has 0 heterocycles. The van der Waals surface area contributed by atoms with Crippen molar-refractivity contribution < 1.29 is 22.4 Å². The lowest BCUT2D eigenvalue weighted by molar-refractivity contribution is -0.139. The van der Waals surface area contributed by atoms with Crippen molar-refractivity contribution in [2.75, 3.05) is 10.8 Å². The van der Waals surface area contributed by atoms with Crippen LogP contribution in [0.15, 0.2) is 88.2 Å². The third kappa shape index (κ3) is 7.41. The van der Waals surface area contributed by atoms with Crippen LogP contribution in [-0.2, 0) is 26.2 Å². The Hall–Kier alpha value is -3.24. The van der Waals surface area contributed by atoms with E-state index >= 15 is 0 Å². The number of carbonyl (C=O) groups excluding carboxylic acids is 2. The highest BCUT2D eigenvalue weighted by Crippen LogP contribution is 2.27. The van der Waals surface area contributed by atoms with Crippen molar-refractivity contribution >= 4 is 43.5 Å². The molecule has 0 unspecified atom stereocenters. The third-order valence-electron chi connectivity index (χ3n) is 6.14. The Bertz CT molecular complexity index is 1350. The molecular formula is C28H31BrFN3O4S. The van der Waals surface area contributed by atoms with Crippen molar-refractivity contribution in [2.45, 2.75) is 50.7 Å². The molecule has 3 rings (SSSR count). The Morgan fingerprint density at radius 3 is 2.24 bits per heavy atom. The quantitative estimate of drug-likeness (QED) is 0.330. The topological polar surface area (TPSA) is 86.8 Å². The van der Waals surface area contributed by atoms with Crippen molar-refractivity contribution in [1.29, 1.82) is 0 Å². The lowest BCUT2D eigenvalue weighted by atomic mass is 10.1. The second kappa shape index (κ2) is 13.0. The van der Waals surface area contributed by atoms with Crippen LogP contribution in [0, 0.1) is 5.82 Å². The van der Waals surface area contributed by atoms with E-state index in [9.17, 15) is 22.4 Å². The number of halogens is 2. The highest BCUT2D eigenvalue weighted by atomic mass is 79.9. The van der Waals surface area contributed by atoms with Gasteiger partial charge in [0.15, 0.2) is 0 Å². The third-order valence-corrected chi connectivity index (χ3v) is 8.42. The number of benzene rings is 3. The number of rotatable bonds is 11. The van der Waals surface area contributed by atoms with Crippen molar-refractivity contribution in [3.63, 3.8) is 0 Å². The Morgan fingerprint density at radius 1 is 0.974 bits per heavy atom. The number of carbonyl (C=O) groups is 2. The van der Waals surface area contributed by atoms with Crippen molar-refractivity contribution in [3.8, 4) is 0 Å². The van der Waals surface area contributed by atoms with E-state index < -0.39 is 34.3 Å². The van der Waals surface area contributed by atoms with Crippen LogP contribution in [0.2, 0.25) is 0 Å². The molecule has 0 aromatic heterocycles. The zero-order chi connectivity index (χ0) is 27.9. The molecule has 202 valence electrons. The monoisotopic (exact) mass is 603 g/mol.